The third-order valence-electron chi connectivity index (χ3n) is 3.25. The van der Waals surface area contributed by atoms with Crippen molar-refractivity contribution in [1.29, 1.82) is 0 Å². The van der Waals surface area contributed by atoms with Crippen molar-refractivity contribution in [3.8, 4) is 10.6 Å². The number of ether oxygens (including phenoxy) is 1. The highest BCUT2D eigenvalue weighted by molar-refractivity contribution is 7.14. The van der Waals surface area contributed by atoms with Gasteiger partial charge in [-0.3, -0.25) is 0 Å². The minimum Gasteiger partial charge on any atom is -0.383 e. The van der Waals surface area contributed by atoms with Crippen LogP contribution in [-0.4, -0.2) is 30.5 Å². The van der Waals surface area contributed by atoms with Gasteiger partial charge < -0.3 is 10.1 Å². The first-order valence-electron chi connectivity index (χ1n) is 6.88. The van der Waals surface area contributed by atoms with Gasteiger partial charge in [0.2, 0.25) is 0 Å². The van der Waals surface area contributed by atoms with Crippen LogP contribution < -0.4 is 5.32 Å². The molecule has 0 aliphatic rings. The minimum absolute atomic E-state index is 0.703. The number of methoxy groups -OCH3 is 1. The Bertz CT molecular complexity index is 721. The van der Waals surface area contributed by atoms with Crippen LogP contribution in [0.25, 0.3) is 21.3 Å². The Morgan fingerprint density at radius 3 is 2.86 bits per heavy atom. The van der Waals surface area contributed by atoms with E-state index in [1.165, 1.54) is 10.8 Å². The summed E-state index contributed by atoms with van der Waals surface area (Å²) in [6.07, 6.45) is 0. The molecule has 1 N–H and O–H groups in total. The summed E-state index contributed by atoms with van der Waals surface area (Å²) in [4.78, 5) is 0. The maximum absolute atomic E-state index is 5.01. The van der Waals surface area contributed by atoms with E-state index in [4.69, 9.17) is 4.74 Å². The van der Waals surface area contributed by atoms with E-state index in [0.717, 1.165) is 28.7 Å². The van der Waals surface area contributed by atoms with Crippen molar-refractivity contribution < 1.29 is 4.74 Å². The van der Waals surface area contributed by atoms with Crippen molar-refractivity contribution in [3.05, 3.63) is 47.5 Å². The fourth-order valence-corrected chi connectivity index (χ4v) is 3.06. The van der Waals surface area contributed by atoms with Crippen LogP contribution in [0, 0.1) is 0 Å². The molecule has 2 aromatic carbocycles. The molecule has 108 valence electrons. The molecular weight excluding hydrogens is 282 g/mol. The standard InChI is InChI=1S/C16H17N3OS/c1-20-10-9-17-11-15-18-19-16(21-15)14-8-4-6-12-5-2-3-7-13(12)14/h2-8,17H,9-11H2,1H3. The van der Waals surface area contributed by atoms with Crippen LogP contribution in [0.3, 0.4) is 0 Å². The Morgan fingerprint density at radius 2 is 1.95 bits per heavy atom. The van der Waals surface area contributed by atoms with E-state index in [1.54, 1.807) is 18.4 Å². The molecule has 0 fully saturated rings. The molecule has 0 aliphatic heterocycles. The van der Waals surface area contributed by atoms with Gasteiger partial charge in [-0.2, -0.15) is 0 Å². The molecule has 0 saturated carbocycles. The molecular formula is C16H17N3OS. The van der Waals surface area contributed by atoms with E-state index in [1.807, 2.05) is 0 Å². The summed E-state index contributed by atoms with van der Waals surface area (Å²) < 4.78 is 5.01. The molecule has 3 rings (SSSR count). The van der Waals surface area contributed by atoms with E-state index in [0.29, 0.717) is 6.61 Å². The second-order valence-corrected chi connectivity index (χ2v) is 5.76. The Morgan fingerprint density at radius 1 is 1.10 bits per heavy atom. The zero-order valence-electron chi connectivity index (χ0n) is 11.9. The first-order valence-corrected chi connectivity index (χ1v) is 7.70. The molecule has 0 spiro atoms. The van der Waals surface area contributed by atoms with Crippen LogP contribution >= 0.6 is 11.3 Å². The van der Waals surface area contributed by atoms with Gasteiger partial charge in [-0.15, -0.1) is 10.2 Å². The van der Waals surface area contributed by atoms with Gasteiger partial charge in [-0.25, -0.2) is 0 Å². The van der Waals surface area contributed by atoms with Gasteiger partial charge in [-0.05, 0) is 10.8 Å². The van der Waals surface area contributed by atoms with Gasteiger partial charge >= 0.3 is 0 Å². The van der Waals surface area contributed by atoms with Gasteiger partial charge in [0.25, 0.3) is 0 Å². The molecule has 0 amide bonds. The largest absolute Gasteiger partial charge is 0.383 e. The summed E-state index contributed by atoms with van der Waals surface area (Å²) in [6.45, 7) is 2.25. The Balaban J connectivity index is 1.81. The summed E-state index contributed by atoms with van der Waals surface area (Å²) in [6, 6.07) is 14.6. The van der Waals surface area contributed by atoms with E-state index in [-0.39, 0.29) is 0 Å². The molecule has 3 aromatic rings. The number of aromatic nitrogens is 2. The number of hydrogen-bond donors (Lipinski definition) is 1. The number of rotatable bonds is 6. The lowest BCUT2D eigenvalue weighted by atomic mass is 10.1. The van der Waals surface area contributed by atoms with Gasteiger partial charge in [0.1, 0.15) is 10.0 Å². The zero-order chi connectivity index (χ0) is 14.5. The molecule has 1 aromatic heterocycles. The summed E-state index contributed by atoms with van der Waals surface area (Å²) in [5.74, 6) is 0. The Kier molecular flexibility index (Phi) is 4.55. The maximum Gasteiger partial charge on any atom is 0.148 e. The third kappa shape index (κ3) is 3.26. The highest BCUT2D eigenvalue weighted by atomic mass is 32.1. The van der Waals surface area contributed by atoms with Crippen LogP contribution in [-0.2, 0) is 11.3 Å². The van der Waals surface area contributed by atoms with Gasteiger partial charge in [-0.1, -0.05) is 53.8 Å². The van der Waals surface area contributed by atoms with Crippen molar-refractivity contribution in [2.24, 2.45) is 0 Å². The first-order chi connectivity index (χ1) is 10.4. The summed E-state index contributed by atoms with van der Waals surface area (Å²) in [7, 11) is 1.70. The Labute approximate surface area is 127 Å². The second kappa shape index (κ2) is 6.76. The van der Waals surface area contributed by atoms with Crippen LogP contribution in [0.4, 0.5) is 0 Å². The van der Waals surface area contributed by atoms with Crippen LogP contribution in [0.15, 0.2) is 42.5 Å². The number of benzene rings is 2. The molecule has 0 atom stereocenters. The van der Waals surface area contributed by atoms with Crippen molar-refractivity contribution in [2.45, 2.75) is 6.54 Å². The average molecular weight is 299 g/mol. The second-order valence-electron chi connectivity index (χ2n) is 4.70. The predicted octanol–water partition coefficient (Wildman–Crippen LogP) is 3.09. The summed E-state index contributed by atoms with van der Waals surface area (Å²) in [5, 5.41) is 16.3. The summed E-state index contributed by atoms with van der Waals surface area (Å²) >= 11 is 1.63. The molecule has 1 heterocycles. The lowest BCUT2D eigenvalue weighted by molar-refractivity contribution is 0.199. The van der Waals surface area contributed by atoms with E-state index < -0.39 is 0 Å². The van der Waals surface area contributed by atoms with Crippen molar-refractivity contribution in [3.63, 3.8) is 0 Å². The van der Waals surface area contributed by atoms with E-state index in [9.17, 15) is 0 Å². The Hall–Kier alpha value is -1.82. The van der Waals surface area contributed by atoms with E-state index >= 15 is 0 Å². The fraction of sp³-hybridized carbons (Fsp3) is 0.250. The molecule has 21 heavy (non-hydrogen) atoms. The van der Waals surface area contributed by atoms with Gasteiger partial charge in [0.15, 0.2) is 0 Å². The van der Waals surface area contributed by atoms with E-state index in [2.05, 4.69) is 58.0 Å². The van der Waals surface area contributed by atoms with Crippen LogP contribution in [0.5, 0.6) is 0 Å². The molecule has 0 aliphatic carbocycles. The van der Waals surface area contributed by atoms with Gasteiger partial charge in [0, 0.05) is 25.8 Å². The molecule has 0 radical (unpaired) electrons. The van der Waals surface area contributed by atoms with Crippen molar-refractivity contribution >= 4 is 22.1 Å². The maximum atomic E-state index is 5.01. The number of nitrogens with one attached hydrogen (secondary N) is 1. The van der Waals surface area contributed by atoms with Crippen LogP contribution in [0.1, 0.15) is 5.01 Å². The number of nitrogens with zero attached hydrogens (tertiary/aromatic N) is 2. The quantitative estimate of drug-likeness (QED) is 0.711. The zero-order valence-corrected chi connectivity index (χ0v) is 12.7. The summed E-state index contributed by atoms with van der Waals surface area (Å²) in [5.41, 5.74) is 1.15. The van der Waals surface area contributed by atoms with Gasteiger partial charge in [0.05, 0.1) is 6.61 Å². The lowest BCUT2D eigenvalue weighted by Gasteiger charge is -2.02. The first kappa shape index (κ1) is 14.1. The molecule has 0 saturated heterocycles. The topological polar surface area (TPSA) is 47.0 Å². The molecule has 4 nitrogen and oxygen atoms in total. The number of fused-ring (bicyclic) bond motifs is 1. The van der Waals surface area contributed by atoms with Crippen molar-refractivity contribution in [2.75, 3.05) is 20.3 Å². The minimum atomic E-state index is 0.703. The SMILES string of the molecule is COCCNCc1nnc(-c2cccc3ccccc23)s1. The third-order valence-corrected chi connectivity index (χ3v) is 4.20. The van der Waals surface area contributed by atoms with Crippen molar-refractivity contribution in [1.82, 2.24) is 15.5 Å². The fourth-order valence-electron chi connectivity index (χ4n) is 2.22. The molecule has 0 bridgehead atoms. The average Bonchev–Trinajstić information content (AvgIpc) is 3.00. The molecule has 5 heteroatoms. The highest BCUT2D eigenvalue weighted by Crippen LogP contribution is 2.30. The monoisotopic (exact) mass is 299 g/mol. The highest BCUT2D eigenvalue weighted by Gasteiger charge is 2.09. The van der Waals surface area contributed by atoms with Crippen LogP contribution in [0.2, 0.25) is 0 Å². The number of hydrogen-bond acceptors (Lipinski definition) is 5. The molecule has 0 unspecified atom stereocenters. The lowest BCUT2D eigenvalue weighted by Crippen LogP contribution is -2.18. The predicted molar refractivity (Wildman–Crippen MR) is 86.4 cm³/mol. The smallest absolute Gasteiger partial charge is 0.148 e. The normalized spacial score (nSPS) is 11.1.